The van der Waals surface area contributed by atoms with Gasteiger partial charge in [0.25, 0.3) is 0 Å². The zero-order valence-electron chi connectivity index (χ0n) is 9.17. The molecule has 2 unspecified atom stereocenters. The molecule has 1 saturated heterocycles. The average molecular weight is 262 g/mol. The van der Waals surface area contributed by atoms with E-state index in [1.807, 2.05) is 0 Å². The summed E-state index contributed by atoms with van der Waals surface area (Å²) in [5.41, 5.74) is -0.241. The molecule has 1 fully saturated rings. The van der Waals surface area contributed by atoms with Gasteiger partial charge in [-0.1, -0.05) is 24.1 Å². The number of hydrogen-bond acceptors (Lipinski definition) is 1. The molecular weight excluding hydrogens is 249 g/mol. The predicted molar refractivity (Wildman–Crippen MR) is 64.6 cm³/mol. The average Bonchev–Trinajstić information content (AvgIpc) is 2.28. The van der Waals surface area contributed by atoms with Gasteiger partial charge in [-0.3, -0.25) is 0 Å². The first-order valence-electron chi connectivity index (χ1n) is 5.23. The lowest BCUT2D eigenvalue weighted by Crippen LogP contribution is -2.20. The molecule has 0 aliphatic carbocycles. The summed E-state index contributed by atoms with van der Waals surface area (Å²) in [5, 5.41) is -0.235. The van der Waals surface area contributed by atoms with Crippen LogP contribution in [0.25, 0.3) is 0 Å². The summed E-state index contributed by atoms with van der Waals surface area (Å²) in [4.78, 5) is 0. The Labute approximate surface area is 101 Å². The van der Waals surface area contributed by atoms with Gasteiger partial charge in [-0.2, -0.15) is 23.7 Å². The molecule has 2 rings (SSSR count). The normalized spacial score (nSPS) is 25.8. The maximum Gasteiger partial charge on any atom is 0.416 e. The van der Waals surface area contributed by atoms with Crippen molar-refractivity contribution < 1.29 is 17.9 Å². The summed E-state index contributed by atoms with van der Waals surface area (Å²) in [7, 11) is -0.299. The van der Waals surface area contributed by atoms with Crippen LogP contribution in [-0.4, -0.2) is 24.8 Å². The van der Waals surface area contributed by atoms with E-state index in [9.17, 15) is 13.2 Å². The van der Waals surface area contributed by atoms with Crippen LogP contribution in [0.4, 0.5) is 13.2 Å². The van der Waals surface area contributed by atoms with Crippen LogP contribution in [-0.2, 0) is 10.9 Å². The Kier molecular flexibility index (Phi) is 3.58. The molecule has 2 atom stereocenters. The van der Waals surface area contributed by atoms with Crippen LogP contribution in [0.5, 0.6) is 0 Å². The summed E-state index contributed by atoms with van der Waals surface area (Å²) in [6, 6.07) is 5.71. The third-order valence-electron chi connectivity index (χ3n) is 2.77. The molecule has 1 heterocycles. The van der Waals surface area contributed by atoms with Crippen LogP contribution in [0.15, 0.2) is 24.3 Å². The molecule has 1 aliphatic rings. The SMILES string of the molecule is C=S1CCOCC1c1ccccc1C(F)(F)F. The zero-order valence-corrected chi connectivity index (χ0v) is 9.98. The molecule has 0 N–H and O–H groups in total. The molecule has 94 valence electrons. The molecular formula is C12H13F3OS. The highest BCUT2D eigenvalue weighted by Crippen LogP contribution is 2.42. The van der Waals surface area contributed by atoms with Gasteiger partial charge in [0.15, 0.2) is 0 Å². The van der Waals surface area contributed by atoms with E-state index >= 15 is 0 Å². The second-order valence-corrected chi connectivity index (χ2v) is 5.94. The number of benzene rings is 1. The van der Waals surface area contributed by atoms with Gasteiger partial charge in [0.1, 0.15) is 0 Å². The Hall–Kier alpha value is -0.810. The van der Waals surface area contributed by atoms with E-state index in [2.05, 4.69) is 5.87 Å². The summed E-state index contributed by atoms with van der Waals surface area (Å²) < 4.78 is 43.9. The van der Waals surface area contributed by atoms with Crippen LogP contribution >= 0.6 is 10.5 Å². The first-order valence-corrected chi connectivity index (χ1v) is 6.86. The molecule has 0 bridgehead atoms. The first-order chi connectivity index (χ1) is 8.00. The predicted octanol–water partition coefficient (Wildman–Crippen LogP) is 3.48. The van der Waals surface area contributed by atoms with E-state index < -0.39 is 11.7 Å². The van der Waals surface area contributed by atoms with Crippen molar-refractivity contribution in [3.63, 3.8) is 0 Å². The molecule has 0 saturated carbocycles. The summed E-state index contributed by atoms with van der Waals surface area (Å²) in [6.07, 6.45) is -4.31. The molecule has 0 radical (unpaired) electrons. The highest BCUT2D eigenvalue weighted by Gasteiger charge is 2.35. The number of alkyl halides is 3. The second-order valence-electron chi connectivity index (χ2n) is 3.89. The minimum absolute atomic E-state index is 0.235. The van der Waals surface area contributed by atoms with Crippen LogP contribution in [0.1, 0.15) is 16.4 Å². The molecule has 5 heteroatoms. The molecule has 1 aromatic rings. The van der Waals surface area contributed by atoms with E-state index in [-0.39, 0.29) is 15.7 Å². The van der Waals surface area contributed by atoms with Crippen molar-refractivity contribution in [1.29, 1.82) is 0 Å². The highest BCUT2D eigenvalue weighted by molar-refractivity contribution is 8.14. The van der Waals surface area contributed by atoms with E-state index in [4.69, 9.17) is 4.74 Å². The van der Waals surface area contributed by atoms with Crippen molar-refractivity contribution in [2.24, 2.45) is 0 Å². The Bertz CT molecular complexity index is 428. The molecule has 1 nitrogen and oxygen atoms in total. The van der Waals surface area contributed by atoms with Gasteiger partial charge in [-0.15, -0.1) is 0 Å². The smallest absolute Gasteiger partial charge is 0.379 e. The van der Waals surface area contributed by atoms with Gasteiger partial charge in [0, 0.05) is 11.0 Å². The largest absolute Gasteiger partial charge is 0.416 e. The lowest BCUT2D eigenvalue weighted by atomic mass is 10.0. The Morgan fingerprint density at radius 1 is 1.29 bits per heavy atom. The minimum atomic E-state index is -4.31. The van der Waals surface area contributed by atoms with Crippen LogP contribution in [0.3, 0.4) is 0 Å². The second kappa shape index (κ2) is 4.82. The van der Waals surface area contributed by atoms with E-state index in [0.717, 1.165) is 11.8 Å². The standard InChI is InChI=1S/C12H13F3OS/c1-17-7-6-16-8-11(17)9-4-2-3-5-10(9)12(13,14)15/h2-5,11H,1,6-8H2. The number of rotatable bonds is 1. The zero-order chi connectivity index (χ0) is 12.5. The molecule has 17 heavy (non-hydrogen) atoms. The van der Waals surface area contributed by atoms with Gasteiger partial charge >= 0.3 is 6.18 Å². The number of halogens is 3. The molecule has 1 aromatic carbocycles. The van der Waals surface area contributed by atoms with Crippen LogP contribution < -0.4 is 0 Å². The van der Waals surface area contributed by atoms with E-state index in [1.54, 1.807) is 6.07 Å². The van der Waals surface area contributed by atoms with Crippen molar-refractivity contribution in [1.82, 2.24) is 0 Å². The fourth-order valence-corrected chi connectivity index (χ4v) is 3.37. The fourth-order valence-electron chi connectivity index (χ4n) is 1.90. The minimum Gasteiger partial charge on any atom is -0.379 e. The quantitative estimate of drug-likeness (QED) is 0.704. The van der Waals surface area contributed by atoms with Gasteiger partial charge in [-0.25, -0.2) is 0 Å². The van der Waals surface area contributed by atoms with Crippen LogP contribution in [0, 0.1) is 0 Å². The Balaban J connectivity index is 2.41. The van der Waals surface area contributed by atoms with E-state index in [0.29, 0.717) is 18.8 Å². The molecule has 0 spiro atoms. The Morgan fingerprint density at radius 2 is 2.00 bits per heavy atom. The van der Waals surface area contributed by atoms with Gasteiger partial charge in [0.05, 0.1) is 18.8 Å². The number of hydrogen-bond donors (Lipinski definition) is 0. The first kappa shape index (κ1) is 12.6. The van der Waals surface area contributed by atoms with Gasteiger partial charge in [0.2, 0.25) is 0 Å². The summed E-state index contributed by atoms with van der Waals surface area (Å²) in [5.74, 6) is 4.69. The van der Waals surface area contributed by atoms with Crippen molar-refractivity contribution in [2.75, 3.05) is 19.0 Å². The molecule has 0 aromatic heterocycles. The number of ether oxygens (including phenoxy) is 1. The van der Waals surface area contributed by atoms with Crippen molar-refractivity contribution in [3.05, 3.63) is 35.4 Å². The molecule has 0 amide bonds. The maximum atomic E-state index is 12.9. The fraction of sp³-hybridized carbons (Fsp3) is 0.417. The lowest BCUT2D eigenvalue weighted by molar-refractivity contribution is -0.138. The van der Waals surface area contributed by atoms with Gasteiger partial charge in [-0.05, 0) is 11.6 Å². The lowest BCUT2D eigenvalue weighted by Gasteiger charge is -2.28. The topological polar surface area (TPSA) is 9.23 Å². The third kappa shape index (κ3) is 2.72. The van der Waals surface area contributed by atoms with E-state index in [1.165, 1.54) is 12.1 Å². The van der Waals surface area contributed by atoms with Crippen molar-refractivity contribution >= 4 is 16.4 Å². The van der Waals surface area contributed by atoms with Crippen molar-refractivity contribution in [2.45, 2.75) is 11.4 Å². The third-order valence-corrected chi connectivity index (χ3v) is 4.66. The summed E-state index contributed by atoms with van der Waals surface area (Å²) in [6.45, 7) is 0.928. The Morgan fingerprint density at radius 3 is 2.65 bits per heavy atom. The van der Waals surface area contributed by atoms with Gasteiger partial charge < -0.3 is 4.74 Å². The maximum absolute atomic E-state index is 12.9. The molecule has 1 aliphatic heterocycles. The monoisotopic (exact) mass is 262 g/mol. The summed E-state index contributed by atoms with van der Waals surface area (Å²) >= 11 is 0. The highest BCUT2D eigenvalue weighted by atomic mass is 32.2. The van der Waals surface area contributed by atoms with Crippen molar-refractivity contribution in [3.8, 4) is 0 Å². The van der Waals surface area contributed by atoms with Crippen LogP contribution in [0.2, 0.25) is 0 Å².